The summed E-state index contributed by atoms with van der Waals surface area (Å²) in [4.78, 5) is 23.1. The molecular weight excluding hydrogens is 360 g/mol. The second-order valence-electron chi connectivity index (χ2n) is 7.68. The zero-order valence-electron chi connectivity index (χ0n) is 17.4. The molecule has 0 aromatic carbocycles. The number of carboxylic acids is 1. The highest BCUT2D eigenvalue weighted by atomic mass is 16.5. The molecule has 1 aliphatic rings. The summed E-state index contributed by atoms with van der Waals surface area (Å²) in [6.45, 7) is 5.76. The van der Waals surface area contributed by atoms with Crippen LogP contribution in [0.4, 0.5) is 0 Å². The van der Waals surface area contributed by atoms with E-state index in [-0.39, 0.29) is 35.9 Å². The van der Waals surface area contributed by atoms with Crippen LogP contribution >= 0.6 is 0 Å². The Morgan fingerprint density at radius 1 is 1.25 bits per heavy atom. The molecule has 0 saturated carbocycles. The number of ketones is 1. The summed E-state index contributed by atoms with van der Waals surface area (Å²) in [7, 11) is 1.42. The summed E-state index contributed by atoms with van der Waals surface area (Å²) in [5, 5.41) is 28.8. The number of carbonyl (C=O) groups excluding carboxylic acids is 1. The molecule has 0 spiro atoms. The van der Waals surface area contributed by atoms with Crippen LogP contribution in [0.2, 0.25) is 0 Å². The molecule has 6 nitrogen and oxygen atoms in total. The molecule has 0 saturated heterocycles. The molecule has 6 heteroatoms. The van der Waals surface area contributed by atoms with Crippen molar-refractivity contribution in [3.05, 3.63) is 34.6 Å². The number of aliphatic carboxylic acids is 1. The SMILES string of the molecule is CO[C@@H]1C[C@H](O)C(O)=C(CC=C(C)CCC=C(C)CCC[C@@H](C)C(=O)O)C1=O. The number of aliphatic hydroxyl groups excluding tert-OH is 2. The van der Waals surface area contributed by atoms with Crippen molar-refractivity contribution < 1.29 is 29.6 Å². The number of Topliss-reactive ketones (excluding diaryl/α,β-unsaturated/α-hetero) is 1. The maximum Gasteiger partial charge on any atom is 0.306 e. The quantitative estimate of drug-likeness (QED) is 0.456. The Hall–Kier alpha value is -1.92. The highest BCUT2D eigenvalue weighted by Crippen LogP contribution is 2.26. The predicted molar refractivity (Wildman–Crippen MR) is 108 cm³/mol. The van der Waals surface area contributed by atoms with Gasteiger partial charge in [-0.1, -0.05) is 30.2 Å². The van der Waals surface area contributed by atoms with Crippen LogP contribution in [-0.4, -0.2) is 46.4 Å². The van der Waals surface area contributed by atoms with Gasteiger partial charge in [-0.25, -0.2) is 0 Å². The van der Waals surface area contributed by atoms with Crippen LogP contribution in [0.3, 0.4) is 0 Å². The van der Waals surface area contributed by atoms with Crippen LogP contribution in [-0.2, 0) is 14.3 Å². The first-order valence-electron chi connectivity index (χ1n) is 9.88. The van der Waals surface area contributed by atoms with Gasteiger partial charge in [0, 0.05) is 19.1 Å². The Morgan fingerprint density at radius 3 is 2.50 bits per heavy atom. The molecule has 3 N–H and O–H groups in total. The van der Waals surface area contributed by atoms with E-state index in [1.165, 1.54) is 12.7 Å². The Bertz CT molecular complexity index is 643. The first-order valence-corrected chi connectivity index (χ1v) is 9.88. The smallest absolute Gasteiger partial charge is 0.306 e. The second-order valence-corrected chi connectivity index (χ2v) is 7.68. The largest absolute Gasteiger partial charge is 0.509 e. The Morgan fingerprint density at radius 2 is 1.89 bits per heavy atom. The van der Waals surface area contributed by atoms with E-state index in [2.05, 4.69) is 13.0 Å². The standard InChI is InChI=1S/C22H34O6/c1-14(9-6-10-16(3)22(26)27)7-5-8-15(2)11-12-17-20(24)18(23)13-19(28-4)21(17)25/h7,11,16,18-19,23-24H,5-6,8-10,12-13H2,1-4H3,(H,26,27)/t16-,18+,19-/m1/s1. The van der Waals surface area contributed by atoms with E-state index in [1.807, 2.05) is 13.0 Å². The van der Waals surface area contributed by atoms with Crippen LogP contribution < -0.4 is 0 Å². The summed E-state index contributed by atoms with van der Waals surface area (Å²) in [5.41, 5.74) is 2.58. The van der Waals surface area contributed by atoms with Crippen LogP contribution in [0.5, 0.6) is 0 Å². The van der Waals surface area contributed by atoms with Gasteiger partial charge in [0.15, 0.2) is 5.78 Å². The van der Waals surface area contributed by atoms with E-state index >= 15 is 0 Å². The van der Waals surface area contributed by atoms with E-state index in [9.17, 15) is 19.8 Å². The number of methoxy groups -OCH3 is 1. The zero-order chi connectivity index (χ0) is 21.3. The van der Waals surface area contributed by atoms with E-state index in [1.54, 1.807) is 6.92 Å². The van der Waals surface area contributed by atoms with Crippen LogP contribution in [0.25, 0.3) is 0 Å². The number of hydrogen-bond acceptors (Lipinski definition) is 5. The van der Waals surface area contributed by atoms with Gasteiger partial charge in [0.2, 0.25) is 0 Å². The highest BCUT2D eigenvalue weighted by Gasteiger charge is 2.34. The molecule has 0 unspecified atom stereocenters. The van der Waals surface area contributed by atoms with E-state index < -0.39 is 18.2 Å². The van der Waals surface area contributed by atoms with Gasteiger partial charge < -0.3 is 20.1 Å². The van der Waals surface area contributed by atoms with Gasteiger partial charge in [-0.05, 0) is 52.4 Å². The lowest BCUT2D eigenvalue weighted by Crippen LogP contribution is -2.36. The molecule has 158 valence electrons. The van der Waals surface area contributed by atoms with Crippen molar-refractivity contribution in [2.24, 2.45) is 5.92 Å². The van der Waals surface area contributed by atoms with Gasteiger partial charge in [-0.2, -0.15) is 0 Å². The lowest BCUT2D eigenvalue weighted by molar-refractivity contribution is -0.141. The third-order valence-corrected chi connectivity index (χ3v) is 5.25. The molecule has 28 heavy (non-hydrogen) atoms. The lowest BCUT2D eigenvalue weighted by Gasteiger charge is -2.25. The Labute approximate surface area is 167 Å². The fraction of sp³-hybridized carbons (Fsp3) is 0.636. The van der Waals surface area contributed by atoms with Crippen molar-refractivity contribution in [2.45, 2.75) is 77.9 Å². The molecule has 1 rings (SSSR count). The predicted octanol–water partition coefficient (Wildman–Crippen LogP) is 4.10. The summed E-state index contributed by atoms with van der Waals surface area (Å²) in [5.74, 6) is -1.55. The minimum atomic E-state index is -1.05. The minimum Gasteiger partial charge on any atom is -0.509 e. The number of rotatable bonds is 11. The molecule has 0 amide bonds. The molecule has 0 radical (unpaired) electrons. The van der Waals surface area contributed by atoms with Crippen molar-refractivity contribution in [2.75, 3.05) is 7.11 Å². The maximum atomic E-state index is 12.3. The molecule has 1 aliphatic carbocycles. The average Bonchev–Trinajstić information content (AvgIpc) is 2.64. The summed E-state index contributed by atoms with van der Waals surface area (Å²) in [6, 6.07) is 0. The first kappa shape index (κ1) is 24.1. The molecule has 0 aromatic heterocycles. The lowest BCUT2D eigenvalue weighted by atomic mass is 9.89. The number of ether oxygens (including phenoxy) is 1. The first-order chi connectivity index (χ1) is 13.2. The van der Waals surface area contributed by atoms with E-state index in [0.29, 0.717) is 6.42 Å². The van der Waals surface area contributed by atoms with Crippen molar-refractivity contribution in [3.63, 3.8) is 0 Å². The Balaban J connectivity index is 2.49. The van der Waals surface area contributed by atoms with Crippen LogP contribution in [0, 0.1) is 5.92 Å². The number of aliphatic hydroxyl groups is 2. The van der Waals surface area contributed by atoms with Crippen LogP contribution in [0.15, 0.2) is 34.6 Å². The van der Waals surface area contributed by atoms with Crippen molar-refractivity contribution in [1.82, 2.24) is 0 Å². The molecule has 0 aromatic rings. The number of allylic oxidation sites excluding steroid dienone is 4. The fourth-order valence-corrected chi connectivity index (χ4v) is 3.19. The number of carbonyl (C=O) groups is 2. The van der Waals surface area contributed by atoms with Crippen LogP contribution in [0.1, 0.15) is 65.7 Å². The number of carboxylic acid groups (broad SMARTS) is 1. The summed E-state index contributed by atoms with van der Waals surface area (Å²) < 4.78 is 5.09. The normalized spacial score (nSPS) is 22.5. The van der Waals surface area contributed by atoms with Crippen molar-refractivity contribution in [1.29, 1.82) is 0 Å². The van der Waals surface area contributed by atoms with Gasteiger partial charge in [-0.15, -0.1) is 0 Å². The summed E-state index contributed by atoms with van der Waals surface area (Å²) >= 11 is 0. The van der Waals surface area contributed by atoms with Gasteiger partial charge in [-0.3, -0.25) is 9.59 Å². The molecule has 0 bridgehead atoms. The Kier molecular flexibility index (Phi) is 10.2. The third kappa shape index (κ3) is 7.60. The molecular formula is C22H34O6. The van der Waals surface area contributed by atoms with Gasteiger partial charge in [0.1, 0.15) is 18.0 Å². The van der Waals surface area contributed by atoms with Gasteiger partial charge in [0.25, 0.3) is 0 Å². The fourth-order valence-electron chi connectivity index (χ4n) is 3.19. The minimum absolute atomic E-state index is 0.0860. The van der Waals surface area contributed by atoms with Crippen molar-refractivity contribution in [3.8, 4) is 0 Å². The molecule has 0 heterocycles. The third-order valence-electron chi connectivity index (χ3n) is 5.25. The van der Waals surface area contributed by atoms with Gasteiger partial charge in [0.05, 0.1) is 5.92 Å². The zero-order valence-corrected chi connectivity index (χ0v) is 17.4. The number of hydrogen-bond donors (Lipinski definition) is 3. The average molecular weight is 395 g/mol. The maximum absolute atomic E-state index is 12.3. The molecule has 0 aliphatic heterocycles. The molecule has 0 fully saturated rings. The summed E-state index contributed by atoms with van der Waals surface area (Å²) in [6.07, 6.45) is 6.82. The van der Waals surface area contributed by atoms with Crippen molar-refractivity contribution >= 4 is 11.8 Å². The van der Waals surface area contributed by atoms with Gasteiger partial charge >= 0.3 is 5.97 Å². The highest BCUT2D eigenvalue weighted by molar-refractivity contribution is 6.00. The monoisotopic (exact) mass is 394 g/mol. The van der Waals surface area contributed by atoms with E-state index in [0.717, 1.165) is 31.3 Å². The van der Waals surface area contributed by atoms with E-state index in [4.69, 9.17) is 9.84 Å². The second kappa shape index (κ2) is 11.8. The topological polar surface area (TPSA) is 104 Å². The molecule has 3 atom stereocenters.